The van der Waals surface area contributed by atoms with Crippen molar-refractivity contribution in [1.29, 1.82) is 0 Å². The summed E-state index contributed by atoms with van der Waals surface area (Å²) in [7, 11) is 0. The molecule has 6 nitrogen and oxygen atoms in total. The van der Waals surface area contributed by atoms with E-state index in [4.69, 9.17) is 4.74 Å². The molecule has 0 aliphatic rings. The maximum atomic E-state index is 11.5. The number of benzene rings is 2. The fourth-order valence-electron chi connectivity index (χ4n) is 1.97. The van der Waals surface area contributed by atoms with E-state index in [2.05, 4.69) is 15.8 Å². The molecule has 0 heterocycles. The van der Waals surface area contributed by atoms with Gasteiger partial charge in [0, 0.05) is 6.04 Å². The minimum absolute atomic E-state index is 0.110. The van der Waals surface area contributed by atoms with E-state index in [0.717, 1.165) is 11.1 Å². The van der Waals surface area contributed by atoms with Crippen molar-refractivity contribution in [3.05, 3.63) is 65.7 Å². The normalized spacial score (nSPS) is 10.7. The molecule has 0 aliphatic heterocycles. The molecule has 0 atom stereocenters. The molecule has 0 aromatic heterocycles. The number of carbonyl (C=O) groups is 2. The summed E-state index contributed by atoms with van der Waals surface area (Å²) in [4.78, 5) is 23.0. The smallest absolute Gasteiger partial charge is 0.329 e. The quantitative estimate of drug-likeness (QED) is 0.481. The molecule has 2 aromatic carbocycles. The molecule has 2 aromatic rings. The highest BCUT2D eigenvalue weighted by Crippen LogP contribution is 2.14. The van der Waals surface area contributed by atoms with Gasteiger partial charge in [-0.1, -0.05) is 42.5 Å². The Morgan fingerprint density at radius 1 is 1.08 bits per heavy atom. The lowest BCUT2D eigenvalue weighted by atomic mass is 10.2. The van der Waals surface area contributed by atoms with Crippen LogP contribution in [0.25, 0.3) is 0 Å². The first-order chi connectivity index (χ1) is 12.0. The average molecular weight is 339 g/mol. The number of amides is 2. The highest BCUT2D eigenvalue weighted by Gasteiger charge is 2.12. The van der Waals surface area contributed by atoms with Gasteiger partial charge in [0.25, 0.3) is 0 Å². The van der Waals surface area contributed by atoms with Crippen molar-refractivity contribution in [2.75, 3.05) is 0 Å². The second kappa shape index (κ2) is 9.22. The Hall–Kier alpha value is -3.15. The van der Waals surface area contributed by atoms with Crippen LogP contribution in [0.3, 0.4) is 0 Å². The summed E-state index contributed by atoms with van der Waals surface area (Å²) in [6, 6.07) is 17.0. The summed E-state index contributed by atoms with van der Waals surface area (Å²) < 4.78 is 5.73. The Bertz CT molecular complexity index is 743. The SMILES string of the molecule is CC(C)NC(=O)C(=O)N/N=C/c1cccc(OCc2ccccc2)c1. The molecule has 2 rings (SSSR count). The number of nitrogens with zero attached hydrogens (tertiary/aromatic N) is 1. The van der Waals surface area contributed by atoms with Crippen molar-refractivity contribution in [3.63, 3.8) is 0 Å². The maximum Gasteiger partial charge on any atom is 0.329 e. The average Bonchev–Trinajstić information content (AvgIpc) is 2.60. The summed E-state index contributed by atoms with van der Waals surface area (Å²) in [5.74, 6) is -0.829. The molecule has 0 bridgehead atoms. The standard InChI is InChI=1S/C19H21N3O3/c1-14(2)21-18(23)19(24)22-20-12-16-9-6-10-17(11-16)25-13-15-7-4-3-5-8-15/h3-12,14H,13H2,1-2H3,(H,21,23)(H,22,24)/b20-12+. The van der Waals surface area contributed by atoms with Crippen LogP contribution in [0.2, 0.25) is 0 Å². The number of ether oxygens (including phenoxy) is 1. The molecule has 2 amide bonds. The number of nitrogens with one attached hydrogen (secondary N) is 2. The van der Waals surface area contributed by atoms with Crippen LogP contribution in [0.1, 0.15) is 25.0 Å². The summed E-state index contributed by atoms with van der Waals surface area (Å²) in [5, 5.41) is 6.28. The lowest BCUT2D eigenvalue weighted by Crippen LogP contribution is -2.41. The van der Waals surface area contributed by atoms with Gasteiger partial charge in [-0.25, -0.2) is 5.43 Å². The first kappa shape index (κ1) is 18.2. The van der Waals surface area contributed by atoms with Crippen molar-refractivity contribution in [3.8, 4) is 5.75 Å². The Balaban J connectivity index is 1.88. The number of hydrazone groups is 1. The molecule has 0 fully saturated rings. The van der Waals surface area contributed by atoms with Crippen molar-refractivity contribution in [2.45, 2.75) is 26.5 Å². The Kier molecular flexibility index (Phi) is 6.71. The largest absolute Gasteiger partial charge is 0.489 e. The highest BCUT2D eigenvalue weighted by atomic mass is 16.5. The van der Waals surface area contributed by atoms with E-state index in [1.54, 1.807) is 19.9 Å². The van der Waals surface area contributed by atoms with Crippen LogP contribution in [-0.4, -0.2) is 24.1 Å². The second-order valence-corrected chi connectivity index (χ2v) is 5.67. The Labute approximate surface area is 146 Å². The van der Waals surface area contributed by atoms with E-state index >= 15 is 0 Å². The molecule has 25 heavy (non-hydrogen) atoms. The van der Waals surface area contributed by atoms with Crippen molar-refractivity contribution in [2.24, 2.45) is 5.10 Å². The van der Waals surface area contributed by atoms with Gasteiger partial charge in [0.05, 0.1) is 6.21 Å². The molecule has 2 N–H and O–H groups in total. The summed E-state index contributed by atoms with van der Waals surface area (Å²) >= 11 is 0. The highest BCUT2D eigenvalue weighted by molar-refractivity contribution is 6.35. The van der Waals surface area contributed by atoms with Crippen LogP contribution in [0, 0.1) is 0 Å². The third-order valence-electron chi connectivity index (χ3n) is 3.11. The van der Waals surface area contributed by atoms with Gasteiger partial charge in [-0.2, -0.15) is 5.10 Å². The zero-order valence-corrected chi connectivity index (χ0v) is 14.2. The van der Waals surface area contributed by atoms with E-state index in [1.165, 1.54) is 6.21 Å². The zero-order chi connectivity index (χ0) is 18.1. The van der Waals surface area contributed by atoms with Crippen LogP contribution in [0.4, 0.5) is 0 Å². The topological polar surface area (TPSA) is 79.8 Å². The number of hydrogen-bond acceptors (Lipinski definition) is 4. The fourth-order valence-corrected chi connectivity index (χ4v) is 1.97. The van der Waals surface area contributed by atoms with Crippen LogP contribution in [0.15, 0.2) is 59.7 Å². The summed E-state index contributed by atoms with van der Waals surface area (Å²) in [6.07, 6.45) is 1.45. The monoisotopic (exact) mass is 339 g/mol. The van der Waals surface area contributed by atoms with Crippen LogP contribution >= 0.6 is 0 Å². The van der Waals surface area contributed by atoms with Crippen LogP contribution in [-0.2, 0) is 16.2 Å². The van der Waals surface area contributed by atoms with E-state index in [1.807, 2.05) is 48.5 Å². The number of rotatable bonds is 6. The molecule has 0 saturated heterocycles. The molecule has 130 valence electrons. The fraction of sp³-hybridized carbons (Fsp3) is 0.211. The molecular formula is C19H21N3O3. The minimum atomic E-state index is -0.804. The van der Waals surface area contributed by atoms with Gasteiger partial charge in [0.2, 0.25) is 0 Å². The summed E-state index contributed by atoms with van der Waals surface area (Å²) in [5.41, 5.74) is 4.01. The zero-order valence-electron chi connectivity index (χ0n) is 14.2. The van der Waals surface area contributed by atoms with Gasteiger partial charge in [0.15, 0.2) is 0 Å². The van der Waals surface area contributed by atoms with Crippen molar-refractivity contribution in [1.82, 2.24) is 10.7 Å². The molecule has 0 spiro atoms. The molecule has 0 aliphatic carbocycles. The van der Waals surface area contributed by atoms with Crippen molar-refractivity contribution < 1.29 is 14.3 Å². The Morgan fingerprint density at radius 3 is 2.56 bits per heavy atom. The third-order valence-corrected chi connectivity index (χ3v) is 3.11. The summed E-state index contributed by atoms with van der Waals surface area (Å²) in [6.45, 7) is 4.01. The molecule has 0 radical (unpaired) electrons. The first-order valence-corrected chi connectivity index (χ1v) is 7.95. The van der Waals surface area contributed by atoms with E-state index in [0.29, 0.717) is 12.4 Å². The first-order valence-electron chi connectivity index (χ1n) is 7.95. The molecule has 6 heteroatoms. The predicted molar refractivity (Wildman–Crippen MR) is 96.2 cm³/mol. The number of carbonyl (C=O) groups excluding carboxylic acids is 2. The van der Waals surface area contributed by atoms with Crippen LogP contribution < -0.4 is 15.5 Å². The maximum absolute atomic E-state index is 11.5. The minimum Gasteiger partial charge on any atom is -0.489 e. The van der Waals surface area contributed by atoms with Gasteiger partial charge >= 0.3 is 11.8 Å². The molecule has 0 unspecified atom stereocenters. The van der Waals surface area contributed by atoms with E-state index < -0.39 is 11.8 Å². The van der Waals surface area contributed by atoms with Gasteiger partial charge < -0.3 is 10.1 Å². The second-order valence-electron chi connectivity index (χ2n) is 5.67. The number of hydrogen-bond donors (Lipinski definition) is 2. The van der Waals surface area contributed by atoms with E-state index in [-0.39, 0.29) is 6.04 Å². The van der Waals surface area contributed by atoms with Gasteiger partial charge in [-0.15, -0.1) is 0 Å². The predicted octanol–water partition coefficient (Wildman–Crippen LogP) is 2.24. The van der Waals surface area contributed by atoms with Gasteiger partial charge in [0.1, 0.15) is 12.4 Å². The third kappa shape index (κ3) is 6.47. The van der Waals surface area contributed by atoms with Crippen LogP contribution in [0.5, 0.6) is 5.75 Å². The van der Waals surface area contributed by atoms with Crippen molar-refractivity contribution >= 4 is 18.0 Å². The molecule has 0 saturated carbocycles. The van der Waals surface area contributed by atoms with E-state index in [9.17, 15) is 9.59 Å². The lowest BCUT2D eigenvalue weighted by Gasteiger charge is -2.07. The lowest BCUT2D eigenvalue weighted by molar-refractivity contribution is -0.139. The van der Waals surface area contributed by atoms with Gasteiger partial charge in [-0.3, -0.25) is 9.59 Å². The Morgan fingerprint density at radius 2 is 1.84 bits per heavy atom. The van der Waals surface area contributed by atoms with Gasteiger partial charge in [-0.05, 0) is 37.1 Å². The molecular weight excluding hydrogens is 318 g/mol.